The van der Waals surface area contributed by atoms with Crippen LogP contribution in [0.3, 0.4) is 0 Å². The molecule has 1 aliphatic rings. The number of H-pyrrole nitrogens is 1. The largest absolute Gasteiger partial charge is 0.506 e. The summed E-state index contributed by atoms with van der Waals surface area (Å²) in [6.07, 6.45) is 0. The molecule has 0 spiro atoms. The van der Waals surface area contributed by atoms with Crippen LogP contribution in [-0.4, -0.2) is 17.2 Å². The summed E-state index contributed by atoms with van der Waals surface area (Å²) in [4.78, 5) is 22.0. The van der Waals surface area contributed by atoms with Gasteiger partial charge in [-0.25, -0.2) is 0 Å². The molecule has 0 bridgehead atoms. The molecule has 3 aromatic carbocycles. The average molecular weight is 441 g/mol. The molecule has 2 N–H and O–H groups in total. The summed E-state index contributed by atoms with van der Waals surface area (Å²) in [5, 5.41) is 11.9. The molecule has 0 aliphatic carbocycles. The number of thiazole rings is 1. The summed E-state index contributed by atoms with van der Waals surface area (Å²) in [7, 11) is 1.62. The molecule has 0 amide bonds. The van der Waals surface area contributed by atoms with Crippen molar-refractivity contribution in [3.05, 3.63) is 105 Å². The van der Waals surface area contributed by atoms with Gasteiger partial charge < -0.3 is 14.8 Å². The molecule has 0 fully saturated rings. The molecule has 5 aromatic rings. The Bertz CT molecular complexity index is 1700. The van der Waals surface area contributed by atoms with E-state index in [1.54, 1.807) is 30.6 Å². The zero-order valence-corrected chi connectivity index (χ0v) is 17.9. The second-order valence-electron chi connectivity index (χ2n) is 7.60. The normalized spacial score (nSPS) is 15.2. The predicted molar refractivity (Wildman–Crippen MR) is 123 cm³/mol. The van der Waals surface area contributed by atoms with Crippen molar-refractivity contribution < 1.29 is 14.1 Å². The lowest BCUT2D eigenvalue weighted by molar-refractivity contribution is -0.498. The van der Waals surface area contributed by atoms with Crippen LogP contribution in [0.15, 0.2) is 82.6 Å². The van der Waals surface area contributed by atoms with Gasteiger partial charge in [0.1, 0.15) is 17.1 Å². The lowest BCUT2D eigenvalue weighted by Crippen LogP contribution is -2.35. The minimum atomic E-state index is -0.440. The molecular weight excluding hydrogens is 422 g/mol. The second kappa shape index (κ2) is 7.03. The minimum absolute atomic E-state index is 0.0382. The molecule has 2 aromatic heterocycles. The third kappa shape index (κ3) is 2.68. The fraction of sp³-hybridized carbons (Fsp3) is 0.0800. The number of rotatable bonds is 3. The molecule has 3 heterocycles. The number of hydrogen-bond acceptors (Lipinski definition) is 5. The molecule has 1 atom stereocenters. The topological polar surface area (TPSA) is 80.6 Å². The van der Waals surface area contributed by atoms with Gasteiger partial charge in [-0.1, -0.05) is 41.4 Å². The van der Waals surface area contributed by atoms with Crippen LogP contribution >= 0.6 is 11.3 Å². The molecule has 6 nitrogen and oxygen atoms in total. The monoisotopic (exact) mass is 440 g/mol. The first-order valence-corrected chi connectivity index (χ1v) is 11.0. The van der Waals surface area contributed by atoms with Crippen LogP contribution in [0.5, 0.6) is 11.5 Å². The average Bonchev–Trinajstić information content (AvgIpc) is 3.36. The highest BCUT2D eigenvalue weighted by Crippen LogP contribution is 2.35. The highest BCUT2D eigenvalue weighted by Gasteiger charge is 2.38. The predicted octanol–water partition coefficient (Wildman–Crippen LogP) is 3.55. The van der Waals surface area contributed by atoms with Gasteiger partial charge >= 0.3 is 4.80 Å². The smallest absolute Gasteiger partial charge is 0.384 e. The Morgan fingerprint density at radius 2 is 1.78 bits per heavy atom. The Balaban J connectivity index is 1.73. The van der Waals surface area contributed by atoms with Gasteiger partial charge in [0.2, 0.25) is 6.04 Å². The summed E-state index contributed by atoms with van der Waals surface area (Å²) >= 11 is 1.56. The molecule has 0 saturated heterocycles. The quantitative estimate of drug-likeness (QED) is 0.421. The van der Waals surface area contributed by atoms with Gasteiger partial charge in [-0.05, 0) is 47.7 Å². The minimum Gasteiger partial charge on any atom is -0.506 e. The number of aromatic amines is 1. The number of ether oxygens (including phenoxy) is 1. The first kappa shape index (κ1) is 18.8. The number of para-hydroxylation sites is 2. The number of aromatic nitrogens is 2. The van der Waals surface area contributed by atoms with E-state index in [1.807, 2.05) is 64.9 Å². The van der Waals surface area contributed by atoms with Crippen LogP contribution < -0.4 is 19.3 Å². The van der Waals surface area contributed by atoms with Gasteiger partial charge in [-0.3, -0.25) is 4.79 Å². The van der Waals surface area contributed by atoms with Gasteiger partial charge in [0, 0.05) is 10.9 Å². The molecule has 0 radical (unpaired) electrons. The Hall–Kier alpha value is -3.97. The zero-order chi connectivity index (χ0) is 21.8. The van der Waals surface area contributed by atoms with Gasteiger partial charge in [0.05, 0.1) is 17.3 Å². The van der Waals surface area contributed by atoms with Crippen molar-refractivity contribution in [3.63, 3.8) is 0 Å². The Morgan fingerprint density at radius 3 is 2.59 bits per heavy atom. The summed E-state index contributed by atoms with van der Waals surface area (Å²) in [5.74, 6) is 0.705. The lowest BCUT2D eigenvalue weighted by atomic mass is 9.96. The standard InChI is InChI=1S/C25H17N3O3S/c1-31-15-12-10-14(11-13-15)21-22(28-18-8-4-5-9-19(18)32-25(28)27-21)20-23(29)16-6-2-3-7-17(16)26-24(20)30/h2-13,21H,1H3,(H,26,29,30)/p+1. The number of methoxy groups -OCH3 is 1. The molecule has 7 heteroatoms. The summed E-state index contributed by atoms with van der Waals surface area (Å²) in [6, 6.07) is 22.4. The van der Waals surface area contributed by atoms with Crippen molar-refractivity contribution in [2.24, 2.45) is 4.99 Å². The van der Waals surface area contributed by atoms with Crippen LogP contribution in [-0.2, 0) is 0 Å². The van der Waals surface area contributed by atoms with E-state index in [0.717, 1.165) is 26.3 Å². The Labute approximate surface area is 186 Å². The Kier molecular flexibility index (Phi) is 4.13. The van der Waals surface area contributed by atoms with E-state index in [2.05, 4.69) is 4.98 Å². The molecule has 1 aliphatic heterocycles. The molecule has 32 heavy (non-hydrogen) atoms. The van der Waals surface area contributed by atoms with E-state index < -0.39 is 6.04 Å². The first-order chi connectivity index (χ1) is 15.7. The number of nitrogens with one attached hydrogen (secondary N) is 1. The van der Waals surface area contributed by atoms with Crippen LogP contribution in [0.25, 0.3) is 21.1 Å². The maximum Gasteiger partial charge on any atom is 0.384 e. The van der Waals surface area contributed by atoms with Crippen molar-refractivity contribution in [1.82, 2.24) is 4.98 Å². The third-order valence-electron chi connectivity index (χ3n) is 5.82. The number of hydrogen-bond donors (Lipinski definition) is 2. The van der Waals surface area contributed by atoms with Crippen LogP contribution in [0.4, 0.5) is 0 Å². The fourth-order valence-electron chi connectivity index (χ4n) is 4.32. The highest BCUT2D eigenvalue weighted by atomic mass is 32.1. The van der Waals surface area contributed by atoms with Crippen molar-refractivity contribution in [3.8, 4) is 11.5 Å². The maximum atomic E-state index is 13.3. The second-order valence-corrected chi connectivity index (χ2v) is 8.61. The van der Waals surface area contributed by atoms with Gasteiger partial charge in [0.25, 0.3) is 5.56 Å². The van der Waals surface area contributed by atoms with Gasteiger partial charge in [0.15, 0.2) is 11.2 Å². The fourth-order valence-corrected chi connectivity index (χ4v) is 5.37. The van der Waals surface area contributed by atoms with Gasteiger partial charge in [-0.15, -0.1) is 0 Å². The van der Waals surface area contributed by atoms with Gasteiger partial charge in [-0.2, -0.15) is 4.24 Å². The number of aromatic hydroxyl groups is 1. The molecule has 1 unspecified atom stereocenters. The number of fused-ring (bicyclic) bond motifs is 4. The van der Waals surface area contributed by atoms with Crippen LogP contribution in [0.1, 0.15) is 17.2 Å². The zero-order valence-electron chi connectivity index (χ0n) is 17.1. The van der Waals surface area contributed by atoms with E-state index in [1.165, 1.54) is 0 Å². The van der Waals surface area contributed by atoms with Crippen LogP contribution in [0, 0.1) is 5.71 Å². The van der Waals surface area contributed by atoms with E-state index in [9.17, 15) is 9.90 Å². The lowest BCUT2D eigenvalue weighted by Gasteiger charge is -2.10. The van der Waals surface area contributed by atoms with E-state index in [0.29, 0.717) is 16.6 Å². The van der Waals surface area contributed by atoms with Crippen molar-refractivity contribution in [2.45, 2.75) is 6.04 Å². The van der Waals surface area contributed by atoms with E-state index in [4.69, 9.17) is 9.73 Å². The summed E-state index contributed by atoms with van der Waals surface area (Å²) < 4.78 is 8.36. The maximum absolute atomic E-state index is 13.3. The molecule has 156 valence electrons. The van der Waals surface area contributed by atoms with Crippen molar-refractivity contribution in [1.29, 1.82) is 0 Å². The number of pyridine rings is 1. The van der Waals surface area contributed by atoms with Crippen molar-refractivity contribution in [2.75, 3.05) is 7.11 Å². The molecular formula is C25H18N3O3S+. The van der Waals surface area contributed by atoms with Crippen molar-refractivity contribution >= 4 is 32.5 Å². The van der Waals surface area contributed by atoms with Crippen LogP contribution in [0.2, 0.25) is 0 Å². The van der Waals surface area contributed by atoms with E-state index in [-0.39, 0.29) is 16.9 Å². The number of benzene rings is 3. The highest BCUT2D eigenvalue weighted by molar-refractivity contribution is 7.15. The SMILES string of the molecule is COc1ccc(C2N=c3sc4ccccc4[n+]3=C2c2c(O)c3ccccc3[nH]c2=O)cc1. The Morgan fingerprint density at radius 1 is 1.03 bits per heavy atom. The first-order valence-electron chi connectivity index (χ1n) is 10.2. The molecule has 0 saturated carbocycles. The third-order valence-corrected chi connectivity index (χ3v) is 6.86. The molecule has 6 rings (SSSR count). The number of nitrogens with zero attached hydrogens (tertiary/aromatic N) is 2. The van der Waals surface area contributed by atoms with E-state index >= 15 is 0 Å². The summed E-state index contributed by atoms with van der Waals surface area (Å²) in [5.41, 5.74) is 2.99. The summed E-state index contributed by atoms with van der Waals surface area (Å²) in [6.45, 7) is 0.